The van der Waals surface area contributed by atoms with Gasteiger partial charge in [0, 0.05) is 19.1 Å². The monoisotopic (exact) mass is 201 g/mol. The fourth-order valence-electron chi connectivity index (χ4n) is 0.950. The van der Waals surface area contributed by atoms with Gasteiger partial charge in [0.25, 0.3) is 0 Å². The zero-order chi connectivity index (χ0) is 11.1. The summed E-state index contributed by atoms with van der Waals surface area (Å²) in [4.78, 5) is 13.5. The van der Waals surface area contributed by atoms with E-state index >= 15 is 0 Å². The molecule has 0 aliphatic heterocycles. The minimum absolute atomic E-state index is 0.0680. The highest BCUT2D eigenvalue weighted by Gasteiger charge is 2.12. The summed E-state index contributed by atoms with van der Waals surface area (Å²) >= 11 is 0. The quantitative estimate of drug-likeness (QED) is 0.638. The molecule has 2 unspecified atom stereocenters. The van der Waals surface area contributed by atoms with E-state index in [0.717, 1.165) is 6.54 Å². The molecule has 0 heterocycles. The first kappa shape index (κ1) is 13.4. The molecule has 0 rings (SSSR count). The van der Waals surface area contributed by atoms with E-state index in [4.69, 9.17) is 0 Å². The standard InChI is InChI=1S/C10H23N3O/c1-6-11-10(14)9(3)12-7-8(2)13(4)5/h8-9,12H,6-7H2,1-5H3,(H,11,14). The van der Waals surface area contributed by atoms with Crippen LogP contribution in [0.4, 0.5) is 0 Å². The van der Waals surface area contributed by atoms with Crippen LogP contribution in [0.3, 0.4) is 0 Å². The van der Waals surface area contributed by atoms with E-state index in [1.165, 1.54) is 0 Å². The summed E-state index contributed by atoms with van der Waals surface area (Å²) in [7, 11) is 4.06. The lowest BCUT2D eigenvalue weighted by molar-refractivity contribution is -0.122. The maximum Gasteiger partial charge on any atom is 0.236 e. The van der Waals surface area contributed by atoms with E-state index in [1.54, 1.807) is 0 Å². The van der Waals surface area contributed by atoms with Crippen molar-refractivity contribution in [1.82, 2.24) is 15.5 Å². The zero-order valence-corrected chi connectivity index (χ0v) is 9.92. The van der Waals surface area contributed by atoms with Crippen molar-refractivity contribution in [3.8, 4) is 0 Å². The summed E-state index contributed by atoms with van der Waals surface area (Å²) in [6, 6.07) is 0.323. The number of carbonyl (C=O) groups excluding carboxylic acids is 1. The Bertz CT molecular complexity index is 171. The van der Waals surface area contributed by atoms with Crippen molar-refractivity contribution in [3.63, 3.8) is 0 Å². The SMILES string of the molecule is CCNC(=O)C(C)NCC(C)N(C)C. The molecule has 0 spiro atoms. The third kappa shape index (κ3) is 5.19. The lowest BCUT2D eigenvalue weighted by Crippen LogP contribution is -2.46. The summed E-state index contributed by atoms with van der Waals surface area (Å²) in [6.45, 7) is 7.44. The fourth-order valence-corrected chi connectivity index (χ4v) is 0.950. The molecule has 0 saturated carbocycles. The Hall–Kier alpha value is -0.610. The van der Waals surface area contributed by atoms with Crippen molar-refractivity contribution >= 4 is 5.91 Å². The Morgan fingerprint density at radius 1 is 1.36 bits per heavy atom. The molecule has 2 atom stereocenters. The maximum atomic E-state index is 11.3. The van der Waals surface area contributed by atoms with Gasteiger partial charge in [-0.15, -0.1) is 0 Å². The van der Waals surface area contributed by atoms with Gasteiger partial charge >= 0.3 is 0 Å². The van der Waals surface area contributed by atoms with Crippen molar-refractivity contribution in [3.05, 3.63) is 0 Å². The predicted octanol–water partition coefficient (Wildman–Crippen LogP) is 0.0507. The van der Waals surface area contributed by atoms with Crippen LogP contribution in [0.5, 0.6) is 0 Å². The number of likely N-dealkylation sites (N-methyl/N-ethyl adjacent to an activating group) is 2. The van der Waals surface area contributed by atoms with Crippen molar-refractivity contribution in [2.75, 3.05) is 27.2 Å². The molecule has 0 aromatic carbocycles. The molecule has 84 valence electrons. The molecular formula is C10H23N3O. The Labute approximate surface area is 87.0 Å². The van der Waals surface area contributed by atoms with Gasteiger partial charge in [-0.3, -0.25) is 4.79 Å². The van der Waals surface area contributed by atoms with E-state index in [-0.39, 0.29) is 11.9 Å². The Morgan fingerprint density at radius 2 is 1.93 bits per heavy atom. The minimum Gasteiger partial charge on any atom is -0.355 e. The molecule has 1 amide bonds. The molecule has 0 radical (unpaired) electrons. The van der Waals surface area contributed by atoms with Crippen LogP contribution >= 0.6 is 0 Å². The first-order valence-electron chi connectivity index (χ1n) is 5.16. The average molecular weight is 201 g/mol. The second-order valence-corrected chi connectivity index (χ2v) is 3.84. The third-order valence-corrected chi connectivity index (χ3v) is 2.35. The van der Waals surface area contributed by atoms with Crippen molar-refractivity contribution < 1.29 is 4.79 Å². The summed E-state index contributed by atoms with van der Waals surface area (Å²) in [6.07, 6.45) is 0. The number of hydrogen-bond donors (Lipinski definition) is 2. The van der Waals surface area contributed by atoms with Gasteiger partial charge in [0.2, 0.25) is 5.91 Å². The molecule has 4 heteroatoms. The third-order valence-electron chi connectivity index (χ3n) is 2.35. The molecule has 0 aromatic rings. The van der Waals surface area contributed by atoms with Crippen molar-refractivity contribution in [2.24, 2.45) is 0 Å². The Balaban J connectivity index is 3.72. The topological polar surface area (TPSA) is 44.4 Å². The van der Waals surface area contributed by atoms with Crippen LogP contribution in [0.15, 0.2) is 0 Å². The second kappa shape index (κ2) is 6.79. The number of rotatable bonds is 6. The zero-order valence-electron chi connectivity index (χ0n) is 9.92. The predicted molar refractivity (Wildman–Crippen MR) is 59.3 cm³/mol. The summed E-state index contributed by atoms with van der Waals surface area (Å²) < 4.78 is 0. The van der Waals surface area contributed by atoms with E-state index in [9.17, 15) is 4.79 Å². The first-order chi connectivity index (χ1) is 6.49. The number of carbonyl (C=O) groups is 1. The van der Waals surface area contributed by atoms with Crippen LogP contribution in [0, 0.1) is 0 Å². The van der Waals surface area contributed by atoms with E-state index < -0.39 is 0 Å². The fraction of sp³-hybridized carbons (Fsp3) is 0.900. The number of amides is 1. The molecule has 0 aliphatic carbocycles. The van der Waals surface area contributed by atoms with Gasteiger partial charge < -0.3 is 15.5 Å². The summed E-state index contributed by atoms with van der Waals surface area (Å²) in [5.74, 6) is 0.0680. The van der Waals surface area contributed by atoms with Gasteiger partial charge in [-0.2, -0.15) is 0 Å². The molecule has 4 nitrogen and oxygen atoms in total. The van der Waals surface area contributed by atoms with Crippen molar-refractivity contribution in [1.29, 1.82) is 0 Å². The molecule has 2 N–H and O–H groups in total. The lowest BCUT2D eigenvalue weighted by atomic mass is 10.2. The van der Waals surface area contributed by atoms with Crippen LogP contribution in [0.2, 0.25) is 0 Å². The smallest absolute Gasteiger partial charge is 0.236 e. The Morgan fingerprint density at radius 3 is 2.36 bits per heavy atom. The van der Waals surface area contributed by atoms with Gasteiger partial charge in [0.1, 0.15) is 0 Å². The van der Waals surface area contributed by atoms with Gasteiger partial charge in [-0.05, 0) is 34.9 Å². The molecular weight excluding hydrogens is 178 g/mol. The summed E-state index contributed by atoms with van der Waals surface area (Å²) in [5, 5.41) is 5.98. The average Bonchev–Trinajstić information content (AvgIpc) is 2.13. The van der Waals surface area contributed by atoms with Crippen LogP contribution in [0.25, 0.3) is 0 Å². The number of nitrogens with zero attached hydrogens (tertiary/aromatic N) is 1. The largest absolute Gasteiger partial charge is 0.355 e. The number of nitrogens with one attached hydrogen (secondary N) is 2. The first-order valence-corrected chi connectivity index (χ1v) is 5.16. The lowest BCUT2D eigenvalue weighted by Gasteiger charge is -2.22. The highest BCUT2D eigenvalue weighted by molar-refractivity contribution is 5.81. The van der Waals surface area contributed by atoms with Gasteiger partial charge in [0.05, 0.1) is 6.04 Å². The highest BCUT2D eigenvalue weighted by Crippen LogP contribution is 1.90. The van der Waals surface area contributed by atoms with E-state index in [0.29, 0.717) is 12.6 Å². The molecule has 0 aromatic heterocycles. The van der Waals surface area contributed by atoms with Crippen LogP contribution < -0.4 is 10.6 Å². The minimum atomic E-state index is -0.114. The normalized spacial score (nSPS) is 15.3. The van der Waals surface area contributed by atoms with Crippen LogP contribution in [0.1, 0.15) is 20.8 Å². The molecule has 14 heavy (non-hydrogen) atoms. The molecule has 0 bridgehead atoms. The van der Waals surface area contributed by atoms with Crippen LogP contribution in [-0.2, 0) is 4.79 Å². The summed E-state index contributed by atoms with van der Waals surface area (Å²) in [5.41, 5.74) is 0. The van der Waals surface area contributed by atoms with Gasteiger partial charge in [-0.25, -0.2) is 0 Å². The highest BCUT2D eigenvalue weighted by atomic mass is 16.2. The van der Waals surface area contributed by atoms with E-state index in [1.807, 2.05) is 27.9 Å². The maximum absolute atomic E-state index is 11.3. The van der Waals surface area contributed by atoms with Crippen LogP contribution in [-0.4, -0.2) is 50.1 Å². The van der Waals surface area contributed by atoms with Gasteiger partial charge in [0.15, 0.2) is 0 Å². The van der Waals surface area contributed by atoms with Gasteiger partial charge in [-0.1, -0.05) is 0 Å². The number of hydrogen-bond acceptors (Lipinski definition) is 3. The molecule has 0 fully saturated rings. The second-order valence-electron chi connectivity index (χ2n) is 3.84. The van der Waals surface area contributed by atoms with Crippen molar-refractivity contribution in [2.45, 2.75) is 32.9 Å². The molecule has 0 saturated heterocycles. The Kier molecular flexibility index (Phi) is 6.49. The van der Waals surface area contributed by atoms with E-state index in [2.05, 4.69) is 22.5 Å². The molecule has 0 aliphatic rings.